The number of hydrogen-bond donors (Lipinski definition) is 0. The van der Waals surface area contributed by atoms with Crippen LogP contribution < -0.4 is 11.3 Å². The summed E-state index contributed by atoms with van der Waals surface area (Å²) in [6, 6.07) is 0. The molecule has 0 aromatic carbocycles. The maximum absolute atomic E-state index is 9.75. The lowest BCUT2D eigenvalue weighted by Crippen LogP contribution is -2.14. The van der Waals surface area contributed by atoms with E-state index in [0.717, 1.165) is 0 Å². The summed E-state index contributed by atoms with van der Waals surface area (Å²) >= 11 is 0. The van der Waals surface area contributed by atoms with Crippen LogP contribution in [0.1, 0.15) is 0 Å². The lowest BCUT2D eigenvalue weighted by molar-refractivity contribution is -0.161. The fourth-order valence-electron chi connectivity index (χ4n) is 0.147. The van der Waals surface area contributed by atoms with Crippen molar-refractivity contribution in [2.24, 2.45) is 0 Å². The van der Waals surface area contributed by atoms with Crippen LogP contribution in [0.15, 0.2) is 23.5 Å². The highest BCUT2D eigenvalue weighted by Gasteiger charge is 1.96. The largest absolute Gasteiger partial charge is 0.471 e. The van der Waals surface area contributed by atoms with Crippen LogP contribution in [-0.2, 0) is 0 Å². The molecule has 0 saturated carbocycles. The van der Waals surface area contributed by atoms with Crippen molar-refractivity contribution in [2.45, 2.75) is 0 Å². The summed E-state index contributed by atoms with van der Waals surface area (Å²) in [6.07, 6.45) is 0. The maximum atomic E-state index is 9.75. The molecule has 1 aromatic rings. The Hall–Kier alpha value is -1.26. The van der Waals surface area contributed by atoms with Gasteiger partial charge in [0.25, 0.3) is 0 Å². The average molecular weight is 104 g/mol. The fourth-order valence-corrected chi connectivity index (χ4v) is 0.147. The number of hydrogen-bond acceptors (Lipinski definition) is 5. The van der Waals surface area contributed by atoms with Gasteiger partial charge in [-0.1, -0.05) is 4.74 Å². The Labute approximate surface area is 36.0 Å². The van der Waals surface area contributed by atoms with E-state index in [9.17, 15) is 9.59 Å². The molecular weight excluding hydrogens is 104 g/mol. The first kappa shape index (κ1) is 3.91. The van der Waals surface area contributed by atoms with Crippen LogP contribution in [-0.4, -0.2) is 0 Å². The molecule has 0 aliphatic heterocycles. The van der Waals surface area contributed by atoms with Crippen LogP contribution in [0.3, 0.4) is 0 Å². The average Bonchev–Trinajstić information content (AvgIpc) is 1.91. The van der Waals surface area contributed by atoms with Gasteiger partial charge in [-0.15, -0.1) is 0 Å². The van der Waals surface area contributed by atoms with Crippen molar-refractivity contribution in [3.63, 3.8) is 0 Å². The summed E-state index contributed by atoms with van der Waals surface area (Å²) in [4.78, 5) is 19.5. The zero-order valence-electron chi connectivity index (χ0n) is 3.04. The van der Waals surface area contributed by atoms with E-state index in [1.54, 1.807) is 0 Å². The lowest BCUT2D eigenvalue weighted by Gasteiger charge is -1.45. The van der Waals surface area contributed by atoms with Crippen LogP contribution in [0, 0.1) is 0 Å². The van der Waals surface area contributed by atoms with Gasteiger partial charge in [0.15, 0.2) is 0 Å². The SMILES string of the molecule is O=c1oooc1=O. The Morgan fingerprint density at radius 1 is 1.00 bits per heavy atom. The van der Waals surface area contributed by atoms with Crippen molar-refractivity contribution in [1.29, 1.82) is 0 Å². The maximum Gasteiger partial charge on any atom is 0.471 e. The summed E-state index contributed by atoms with van der Waals surface area (Å²) in [5.74, 6) is 0. The molecular formula is C2O5. The summed E-state index contributed by atoms with van der Waals surface area (Å²) in [5, 5.41) is 0. The van der Waals surface area contributed by atoms with E-state index in [4.69, 9.17) is 0 Å². The molecule has 0 bridgehead atoms. The van der Waals surface area contributed by atoms with Gasteiger partial charge in [0.1, 0.15) is 0 Å². The fraction of sp³-hybridized carbons (Fsp3) is 0. The molecule has 5 heteroatoms. The standard InChI is InChI=1S/C2O5/c3-1-2(4)6-7-5-1. The Bertz CT molecular complexity index is 210. The van der Waals surface area contributed by atoms with Crippen LogP contribution in [0.2, 0.25) is 0 Å². The Kier molecular flexibility index (Phi) is 0.619. The third-order valence-corrected chi connectivity index (χ3v) is 0.386. The van der Waals surface area contributed by atoms with Gasteiger partial charge in [-0.25, -0.2) is 9.59 Å². The summed E-state index contributed by atoms with van der Waals surface area (Å²) in [6.45, 7) is 0. The van der Waals surface area contributed by atoms with Crippen molar-refractivity contribution < 1.29 is 13.9 Å². The zero-order chi connectivity index (χ0) is 5.28. The third kappa shape index (κ3) is 0.466. The normalized spacial score (nSPS) is 9.14. The Balaban J connectivity index is 3.71. The molecule has 7 heavy (non-hydrogen) atoms. The van der Waals surface area contributed by atoms with E-state index < -0.39 is 11.3 Å². The minimum atomic E-state index is -1.12. The first-order valence-electron chi connectivity index (χ1n) is 1.40. The molecule has 1 rings (SSSR count). The van der Waals surface area contributed by atoms with Gasteiger partial charge in [0, 0.05) is 0 Å². The lowest BCUT2D eigenvalue weighted by atomic mass is 11.0. The summed E-state index contributed by atoms with van der Waals surface area (Å²) in [5.41, 5.74) is -2.25. The van der Waals surface area contributed by atoms with Crippen molar-refractivity contribution in [3.8, 4) is 0 Å². The second kappa shape index (κ2) is 1.11. The van der Waals surface area contributed by atoms with Gasteiger partial charge in [0.05, 0.1) is 0 Å². The first-order valence-corrected chi connectivity index (χ1v) is 1.40. The van der Waals surface area contributed by atoms with Crippen molar-refractivity contribution in [1.82, 2.24) is 0 Å². The van der Waals surface area contributed by atoms with E-state index in [2.05, 4.69) is 13.9 Å². The molecule has 0 amide bonds. The quantitative estimate of drug-likeness (QED) is 0.317. The third-order valence-electron chi connectivity index (χ3n) is 0.386. The number of rotatable bonds is 0. The first-order chi connectivity index (χ1) is 3.30. The molecule has 0 saturated heterocycles. The van der Waals surface area contributed by atoms with Crippen LogP contribution in [0.4, 0.5) is 0 Å². The second-order valence-corrected chi connectivity index (χ2v) is 0.810. The van der Waals surface area contributed by atoms with E-state index in [1.165, 1.54) is 0 Å². The molecule has 0 aliphatic rings. The Morgan fingerprint density at radius 3 is 1.57 bits per heavy atom. The van der Waals surface area contributed by atoms with Gasteiger partial charge < -0.3 is 0 Å². The van der Waals surface area contributed by atoms with Crippen molar-refractivity contribution >= 4 is 0 Å². The molecule has 5 nitrogen and oxygen atoms in total. The molecule has 38 valence electrons. The second-order valence-electron chi connectivity index (χ2n) is 0.810. The molecule has 0 spiro atoms. The van der Waals surface area contributed by atoms with E-state index >= 15 is 0 Å². The van der Waals surface area contributed by atoms with Crippen LogP contribution in [0.5, 0.6) is 0 Å². The summed E-state index contributed by atoms with van der Waals surface area (Å²) < 4.78 is 10.6. The molecule has 0 unspecified atom stereocenters. The predicted molar refractivity (Wildman–Crippen MR) is 15.8 cm³/mol. The molecule has 0 atom stereocenters. The molecule has 0 aliphatic carbocycles. The van der Waals surface area contributed by atoms with Crippen molar-refractivity contribution in [2.75, 3.05) is 0 Å². The van der Waals surface area contributed by atoms with Crippen LogP contribution in [0.25, 0.3) is 0 Å². The topological polar surface area (TPSA) is 73.6 Å². The molecule has 1 aromatic heterocycles. The highest BCUT2D eigenvalue weighted by molar-refractivity contribution is 4.53. The Morgan fingerprint density at radius 2 is 1.43 bits per heavy atom. The van der Waals surface area contributed by atoms with Crippen molar-refractivity contribution in [3.05, 3.63) is 20.8 Å². The van der Waals surface area contributed by atoms with E-state index in [1.807, 2.05) is 0 Å². The van der Waals surface area contributed by atoms with Gasteiger partial charge in [-0.2, -0.15) is 9.15 Å². The minimum absolute atomic E-state index is 1.12. The smallest absolute Gasteiger partial charge is 0.233 e. The minimum Gasteiger partial charge on any atom is -0.233 e. The van der Waals surface area contributed by atoms with Gasteiger partial charge in [0.2, 0.25) is 0 Å². The van der Waals surface area contributed by atoms with Gasteiger partial charge in [-0.05, 0) is 0 Å². The molecule has 1 heterocycles. The zero-order valence-corrected chi connectivity index (χ0v) is 3.04. The highest BCUT2D eigenvalue weighted by atomic mass is 17.2. The molecule has 0 radical (unpaired) electrons. The molecule has 0 N–H and O–H groups in total. The van der Waals surface area contributed by atoms with E-state index in [-0.39, 0.29) is 0 Å². The van der Waals surface area contributed by atoms with Gasteiger partial charge >= 0.3 is 11.3 Å². The highest BCUT2D eigenvalue weighted by Crippen LogP contribution is 1.61. The summed E-state index contributed by atoms with van der Waals surface area (Å²) in [7, 11) is 0. The van der Waals surface area contributed by atoms with Gasteiger partial charge in [-0.3, -0.25) is 0 Å². The predicted octanol–water partition coefficient (Wildman–Crippen LogP) is -0.814. The van der Waals surface area contributed by atoms with Crippen LogP contribution >= 0.6 is 0 Å². The molecule has 0 fully saturated rings. The monoisotopic (exact) mass is 104 g/mol. The van der Waals surface area contributed by atoms with E-state index in [0.29, 0.717) is 0 Å².